The Balaban J connectivity index is 1.71. The third kappa shape index (κ3) is 2.63. The van der Waals surface area contributed by atoms with E-state index < -0.39 is 0 Å². The number of thiophene rings is 1. The second-order valence-electron chi connectivity index (χ2n) is 5.38. The number of hydrogen-bond acceptors (Lipinski definition) is 7. The summed E-state index contributed by atoms with van der Waals surface area (Å²) in [6.07, 6.45) is 7.06. The van der Waals surface area contributed by atoms with Crippen molar-refractivity contribution in [1.82, 2.24) is 29.9 Å². The lowest BCUT2D eigenvalue weighted by atomic mass is 10.2. The number of hydrogen-bond donors (Lipinski definition) is 3. The monoisotopic (exact) mass is 341 g/mol. The molecular formula is C15H15N7OS. The van der Waals surface area contributed by atoms with Crippen molar-refractivity contribution in [2.24, 2.45) is 0 Å². The van der Waals surface area contributed by atoms with Gasteiger partial charge in [-0.05, 0) is 18.4 Å². The molecule has 0 bridgehead atoms. The Morgan fingerprint density at radius 1 is 1.38 bits per heavy atom. The van der Waals surface area contributed by atoms with Gasteiger partial charge >= 0.3 is 0 Å². The van der Waals surface area contributed by atoms with E-state index in [1.165, 1.54) is 0 Å². The molecule has 0 radical (unpaired) electrons. The zero-order chi connectivity index (χ0) is 16.5. The first-order valence-electron chi connectivity index (χ1n) is 7.41. The van der Waals surface area contributed by atoms with Crippen LogP contribution >= 0.6 is 11.3 Å². The van der Waals surface area contributed by atoms with E-state index in [1.807, 2.05) is 30.8 Å². The van der Waals surface area contributed by atoms with E-state index in [-0.39, 0.29) is 12.6 Å². The summed E-state index contributed by atoms with van der Waals surface area (Å²) in [5.41, 5.74) is 3.40. The van der Waals surface area contributed by atoms with Gasteiger partial charge in [0.05, 0.1) is 46.6 Å². The van der Waals surface area contributed by atoms with Gasteiger partial charge in [-0.3, -0.25) is 9.78 Å². The average molecular weight is 341 g/mol. The van der Waals surface area contributed by atoms with Crippen LogP contribution in [0.1, 0.15) is 13.0 Å². The summed E-state index contributed by atoms with van der Waals surface area (Å²) in [5.74, 6) is 0.494. The number of anilines is 2. The summed E-state index contributed by atoms with van der Waals surface area (Å²) >= 11 is 1.60. The van der Waals surface area contributed by atoms with Gasteiger partial charge in [0.1, 0.15) is 0 Å². The molecule has 0 aliphatic heterocycles. The van der Waals surface area contributed by atoms with Crippen LogP contribution in [0, 0.1) is 0 Å². The first-order chi connectivity index (χ1) is 11.7. The molecule has 0 saturated heterocycles. The van der Waals surface area contributed by atoms with E-state index in [0.717, 1.165) is 27.2 Å². The summed E-state index contributed by atoms with van der Waals surface area (Å²) in [4.78, 5) is 9.17. The van der Waals surface area contributed by atoms with Crippen LogP contribution in [0.25, 0.3) is 21.5 Å². The Kier molecular flexibility index (Phi) is 3.71. The van der Waals surface area contributed by atoms with Crippen molar-refractivity contribution >= 4 is 33.2 Å². The first kappa shape index (κ1) is 14.8. The van der Waals surface area contributed by atoms with E-state index in [4.69, 9.17) is 0 Å². The number of H-pyrrole nitrogens is 1. The van der Waals surface area contributed by atoms with Gasteiger partial charge in [0.15, 0.2) is 0 Å². The minimum Gasteiger partial charge on any atom is -0.394 e. The third-order valence-electron chi connectivity index (χ3n) is 3.65. The molecule has 0 aliphatic carbocycles. The lowest BCUT2D eigenvalue weighted by molar-refractivity contribution is 0.230. The number of fused-ring (bicyclic) bond motifs is 1. The standard InChI is InChI=1S/C15H15N7OS/c1-9(8-23)22-7-11(6-18-22)19-15-20-12-2-3-24-14(12)13(21-15)10-4-16-17-5-10/h2-7,9,23H,8H2,1H3,(H,16,17)(H,19,20,21)/t9-/m0/s1. The highest BCUT2D eigenvalue weighted by Gasteiger charge is 2.13. The summed E-state index contributed by atoms with van der Waals surface area (Å²) in [5, 5.41) is 25.4. The Hall–Kier alpha value is -2.78. The van der Waals surface area contributed by atoms with Crippen molar-refractivity contribution in [3.63, 3.8) is 0 Å². The largest absolute Gasteiger partial charge is 0.394 e. The Labute approximate surface area is 141 Å². The highest BCUT2D eigenvalue weighted by Crippen LogP contribution is 2.31. The number of nitrogens with zero attached hydrogens (tertiary/aromatic N) is 5. The fourth-order valence-corrected chi connectivity index (χ4v) is 3.19. The van der Waals surface area contributed by atoms with Gasteiger partial charge in [-0.1, -0.05) is 0 Å². The molecule has 1 atom stereocenters. The maximum Gasteiger partial charge on any atom is 0.228 e. The van der Waals surface area contributed by atoms with Crippen LogP contribution in [0.3, 0.4) is 0 Å². The normalized spacial score (nSPS) is 12.6. The van der Waals surface area contributed by atoms with Crippen LogP contribution in [0.2, 0.25) is 0 Å². The molecule has 0 unspecified atom stereocenters. The van der Waals surface area contributed by atoms with Crippen molar-refractivity contribution in [3.05, 3.63) is 36.2 Å². The highest BCUT2D eigenvalue weighted by molar-refractivity contribution is 7.17. The minimum atomic E-state index is -0.0812. The molecule has 0 saturated carbocycles. The molecule has 4 aromatic rings. The van der Waals surface area contributed by atoms with Gasteiger partial charge < -0.3 is 10.4 Å². The molecule has 3 N–H and O–H groups in total. The summed E-state index contributed by atoms with van der Waals surface area (Å²) in [6, 6.07) is 1.88. The molecular weight excluding hydrogens is 326 g/mol. The summed E-state index contributed by atoms with van der Waals surface area (Å²) in [7, 11) is 0. The number of aromatic nitrogens is 6. The van der Waals surface area contributed by atoms with Crippen LogP contribution in [-0.4, -0.2) is 41.7 Å². The van der Waals surface area contributed by atoms with Crippen LogP contribution < -0.4 is 5.32 Å². The number of rotatable bonds is 5. The smallest absolute Gasteiger partial charge is 0.228 e. The molecule has 0 spiro atoms. The Morgan fingerprint density at radius 2 is 2.29 bits per heavy atom. The number of aliphatic hydroxyl groups is 1. The molecule has 8 nitrogen and oxygen atoms in total. The van der Waals surface area contributed by atoms with Crippen LogP contribution in [0.4, 0.5) is 11.6 Å². The second kappa shape index (κ2) is 6.02. The van der Waals surface area contributed by atoms with Crippen molar-refractivity contribution in [2.75, 3.05) is 11.9 Å². The lowest BCUT2D eigenvalue weighted by Gasteiger charge is -2.07. The van der Waals surface area contributed by atoms with Gasteiger partial charge in [0.25, 0.3) is 0 Å². The predicted molar refractivity (Wildman–Crippen MR) is 92.3 cm³/mol. The molecule has 4 aromatic heterocycles. The summed E-state index contributed by atoms with van der Waals surface area (Å²) in [6.45, 7) is 1.92. The third-order valence-corrected chi connectivity index (χ3v) is 4.56. The molecule has 9 heteroatoms. The van der Waals surface area contributed by atoms with Crippen molar-refractivity contribution in [2.45, 2.75) is 13.0 Å². The zero-order valence-corrected chi connectivity index (χ0v) is 13.7. The first-order valence-corrected chi connectivity index (χ1v) is 8.29. The quantitative estimate of drug-likeness (QED) is 0.515. The van der Waals surface area contributed by atoms with Crippen LogP contribution in [0.15, 0.2) is 36.2 Å². The number of aliphatic hydroxyl groups excluding tert-OH is 1. The average Bonchev–Trinajstić information content (AvgIpc) is 3.34. The van der Waals surface area contributed by atoms with Gasteiger partial charge in [-0.15, -0.1) is 11.3 Å². The molecule has 0 aromatic carbocycles. The fraction of sp³-hybridized carbons (Fsp3) is 0.200. The Bertz CT molecular complexity index is 959. The topological polar surface area (TPSA) is 105 Å². The molecule has 0 aliphatic rings. The Morgan fingerprint density at radius 3 is 3.08 bits per heavy atom. The predicted octanol–water partition coefficient (Wildman–Crippen LogP) is 2.57. The lowest BCUT2D eigenvalue weighted by Crippen LogP contribution is -2.09. The second-order valence-corrected chi connectivity index (χ2v) is 6.30. The molecule has 0 fully saturated rings. The fourth-order valence-electron chi connectivity index (χ4n) is 2.35. The van der Waals surface area contributed by atoms with Gasteiger partial charge in [-0.25, -0.2) is 9.97 Å². The van der Waals surface area contributed by atoms with Crippen molar-refractivity contribution < 1.29 is 5.11 Å². The number of nitrogens with one attached hydrogen (secondary N) is 2. The van der Waals surface area contributed by atoms with Crippen LogP contribution in [0.5, 0.6) is 0 Å². The van der Waals surface area contributed by atoms with E-state index in [1.54, 1.807) is 28.4 Å². The molecule has 122 valence electrons. The zero-order valence-electron chi connectivity index (χ0n) is 12.8. The van der Waals surface area contributed by atoms with Gasteiger partial charge in [-0.2, -0.15) is 10.2 Å². The highest BCUT2D eigenvalue weighted by atomic mass is 32.1. The van der Waals surface area contributed by atoms with Gasteiger partial charge in [0.2, 0.25) is 5.95 Å². The maximum atomic E-state index is 9.21. The molecule has 24 heavy (non-hydrogen) atoms. The minimum absolute atomic E-state index is 0.0309. The number of aromatic amines is 1. The molecule has 4 heterocycles. The van der Waals surface area contributed by atoms with E-state index in [9.17, 15) is 5.11 Å². The molecule has 0 amide bonds. The maximum absolute atomic E-state index is 9.21. The molecule has 4 rings (SSSR count). The van der Waals surface area contributed by atoms with Crippen molar-refractivity contribution in [3.8, 4) is 11.3 Å². The van der Waals surface area contributed by atoms with Crippen molar-refractivity contribution in [1.29, 1.82) is 0 Å². The van der Waals surface area contributed by atoms with E-state index in [2.05, 4.69) is 30.6 Å². The SMILES string of the molecule is C[C@@H](CO)n1cc(Nc2nc(-c3cn[nH]c3)c3sccc3n2)cn1. The van der Waals surface area contributed by atoms with E-state index >= 15 is 0 Å². The van der Waals surface area contributed by atoms with E-state index in [0.29, 0.717) is 5.95 Å². The summed E-state index contributed by atoms with van der Waals surface area (Å²) < 4.78 is 2.72. The van der Waals surface area contributed by atoms with Gasteiger partial charge in [0, 0.05) is 18.0 Å². The van der Waals surface area contributed by atoms with Crippen LogP contribution in [-0.2, 0) is 0 Å².